The van der Waals surface area contributed by atoms with Crippen molar-refractivity contribution in [1.29, 1.82) is 0 Å². The highest BCUT2D eigenvalue weighted by Gasteiger charge is 2.29. The lowest BCUT2D eigenvalue weighted by Gasteiger charge is -2.32. The molecule has 10 nitrogen and oxygen atoms in total. The largest absolute Gasteiger partial charge is 0.457 e. The van der Waals surface area contributed by atoms with Crippen LogP contribution in [0.1, 0.15) is 31.7 Å². The van der Waals surface area contributed by atoms with Crippen LogP contribution in [0.3, 0.4) is 0 Å². The number of imidazole rings is 1. The highest BCUT2D eigenvalue weighted by atomic mass is 28.4. The van der Waals surface area contributed by atoms with Crippen LogP contribution in [0.2, 0.25) is 19.1 Å². The Hall–Kier alpha value is -4.22. The number of nitrogens with zero attached hydrogens (tertiary/aromatic N) is 5. The minimum absolute atomic E-state index is 0.0739. The van der Waals surface area contributed by atoms with Crippen molar-refractivity contribution in [3.05, 3.63) is 83.6 Å². The molecule has 1 aliphatic heterocycles. The fraction of sp³-hybridized carbons (Fsp3) is 0.333. The highest BCUT2D eigenvalue weighted by Crippen LogP contribution is 2.29. The van der Waals surface area contributed by atoms with Crippen LogP contribution < -0.4 is 16.2 Å². The quantitative estimate of drug-likeness (QED) is 0.170. The maximum atomic E-state index is 14.0. The number of carbonyl (C=O) groups is 1. The summed E-state index contributed by atoms with van der Waals surface area (Å²) < 4.78 is 9.09. The van der Waals surface area contributed by atoms with Crippen LogP contribution in [-0.4, -0.2) is 56.1 Å². The van der Waals surface area contributed by atoms with Gasteiger partial charge in [0, 0.05) is 13.1 Å². The number of amides is 1. The number of carbonyl (C=O) groups excluding carboxylic acids is 1. The van der Waals surface area contributed by atoms with E-state index >= 15 is 0 Å². The molecule has 0 saturated carbocycles. The number of allylic oxidation sites excluding steroid dienone is 1. The van der Waals surface area contributed by atoms with Crippen LogP contribution in [0.25, 0.3) is 16.9 Å². The monoisotopic (exact) mass is 572 g/mol. The van der Waals surface area contributed by atoms with Gasteiger partial charge in [0.05, 0.1) is 11.7 Å². The third-order valence-electron chi connectivity index (χ3n) is 7.25. The summed E-state index contributed by atoms with van der Waals surface area (Å²) in [4.78, 5) is 47.3. The molecule has 0 aliphatic carbocycles. The van der Waals surface area contributed by atoms with Crippen molar-refractivity contribution in [2.45, 2.75) is 50.9 Å². The van der Waals surface area contributed by atoms with Gasteiger partial charge in [0.1, 0.15) is 23.3 Å². The second kappa shape index (κ2) is 12.1. The van der Waals surface area contributed by atoms with Crippen LogP contribution in [0.15, 0.2) is 77.9 Å². The first-order valence-corrected chi connectivity index (χ1v) is 17.1. The number of benzene rings is 2. The molecule has 3 N–H and O–H groups in total. The SMILES string of the molecule is C[Si](C)(O)CCC/C=C/C(=O)N1CCC[C@H](n2c(=O)n(-c3ccc(Oc4ccccc4)cc3)c3c(N)ncnc32)C1. The second-order valence-electron chi connectivity index (χ2n) is 11.0. The van der Waals surface area contributed by atoms with Crippen LogP contribution >= 0.6 is 0 Å². The Morgan fingerprint density at radius 1 is 1.12 bits per heavy atom. The number of ether oxygens (including phenoxy) is 1. The molecule has 0 radical (unpaired) electrons. The molecule has 11 heteroatoms. The molecule has 0 unspecified atom stereocenters. The predicted molar refractivity (Wildman–Crippen MR) is 162 cm³/mol. The molecule has 5 rings (SSSR count). The Morgan fingerprint density at radius 3 is 2.59 bits per heavy atom. The van der Waals surface area contributed by atoms with E-state index in [1.807, 2.05) is 49.5 Å². The van der Waals surface area contributed by atoms with E-state index in [4.69, 9.17) is 10.5 Å². The number of nitrogens with two attached hydrogens (primary N) is 1. The van der Waals surface area contributed by atoms with Crippen LogP contribution in [-0.2, 0) is 4.79 Å². The van der Waals surface area contributed by atoms with Gasteiger partial charge in [-0.05, 0) is 80.9 Å². The van der Waals surface area contributed by atoms with Gasteiger partial charge in [-0.3, -0.25) is 13.9 Å². The summed E-state index contributed by atoms with van der Waals surface area (Å²) >= 11 is 0. The number of hydrogen-bond donors (Lipinski definition) is 2. The third kappa shape index (κ3) is 6.58. The predicted octanol–water partition coefficient (Wildman–Crippen LogP) is 4.65. The fourth-order valence-electron chi connectivity index (χ4n) is 5.23. The number of unbranched alkanes of at least 4 members (excludes halogenated alkanes) is 1. The number of likely N-dealkylation sites (tertiary alicyclic amines) is 1. The molecule has 0 bridgehead atoms. The number of anilines is 1. The lowest BCUT2D eigenvalue weighted by Crippen LogP contribution is -2.42. The Morgan fingerprint density at radius 2 is 1.85 bits per heavy atom. The van der Waals surface area contributed by atoms with Gasteiger partial charge in [0.25, 0.3) is 0 Å². The summed E-state index contributed by atoms with van der Waals surface area (Å²) in [5.41, 5.74) is 7.49. The minimum Gasteiger partial charge on any atom is -0.457 e. The number of rotatable bonds is 9. The average molecular weight is 573 g/mol. The van der Waals surface area contributed by atoms with Crippen molar-refractivity contribution in [2.24, 2.45) is 0 Å². The standard InChI is InChI=1S/C30H36N6O4Si/c1-41(2,39)19-8-4-7-13-26(37)34-18-9-10-23(20-34)36-29-27(28(31)32-21-33-29)35(30(36)38)22-14-16-25(17-15-22)40-24-11-5-3-6-12-24/h3,5-7,11-17,21,23,39H,4,8-10,18-20H2,1-2H3,(H2,31,32,33)/b13-7+/t23-/m0/s1. The number of nitrogen functional groups attached to an aromatic ring is 1. The molecule has 214 valence electrons. The highest BCUT2D eigenvalue weighted by molar-refractivity contribution is 6.69. The van der Waals surface area contributed by atoms with Gasteiger partial charge in [-0.15, -0.1) is 0 Å². The first-order valence-electron chi connectivity index (χ1n) is 14.0. The fourth-order valence-corrected chi connectivity index (χ4v) is 6.30. The van der Waals surface area contributed by atoms with E-state index in [1.54, 1.807) is 39.8 Å². The van der Waals surface area contributed by atoms with E-state index in [0.717, 1.165) is 31.7 Å². The Balaban J connectivity index is 1.39. The van der Waals surface area contributed by atoms with E-state index in [0.29, 0.717) is 41.4 Å². The van der Waals surface area contributed by atoms with Crippen molar-refractivity contribution in [1.82, 2.24) is 24.0 Å². The van der Waals surface area contributed by atoms with Crippen molar-refractivity contribution in [3.63, 3.8) is 0 Å². The Bertz CT molecular complexity index is 1590. The first kappa shape index (κ1) is 28.3. The molecule has 3 heterocycles. The minimum atomic E-state index is -2.08. The maximum Gasteiger partial charge on any atom is 0.335 e. The zero-order valence-electron chi connectivity index (χ0n) is 23.4. The number of hydrogen-bond acceptors (Lipinski definition) is 7. The summed E-state index contributed by atoms with van der Waals surface area (Å²) in [5, 5.41) is 0. The van der Waals surface area contributed by atoms with Gasteiger partial charge in [-0.2, -0.15) is 0 Å². The second-order valence-corrected chi connectivity index (χ2v) is 15.1. The molecule has 2 aromatic carbocycles. The molecule has 4 aromatic rings. The lowest BCUT2D eigenvalue weighted by molar-refractivity contribution is -0.127. The van der Waals surface area contributed by atoms with Crippen molar-refractivity contribution in [2.75, 3.05) is 18.8 Å². The van der Waals surface area contributed by atoms with Crippen LogP contribution in [0.5, 0.6) is 11.5 Å². The van der Waals surface area contributed by atoms with E-state index in [1.165, 1.54) is 10.9 Å². The topological polar surface area (TPSA) is 128 Å². The number of aromatic nitrogens is 4. The van der Waals surface area contributed by atoms with Gasteiger partial charge >= 0.3 is 5.69 Å². The van der Waals surface area contributed by atoms with E-state index in [2.05, 4.69) is 9.97 Å². The lowest BCUT2D eigenvalue weighted by atomic mass is 10.1. The molecule has 1 aliphatic rings. The number of fused-ring (bicyclic) bond motifs is 1. The normalized spacial score (nSPS) is 16.0. The molecular formula is C30H36N6O4Si. The van der Waals surface area contributed by atoms with Crippen molar-refractivity contribution in [3.8, 4) is 17.2 Å². The van der Waals surface area contributed by atoms with Crippen molar-refractivity contribution >= 4 is 31.2 Å². The van der Waals surface area contributed by atoms with Crippen molar-refractivity contribution < 1.29 is 14.3 Å². The first-order chi connectivity index (χ1) is 19.7. The van der Waals surface area contributed by atoms with E-state index in [9.17, 15) is 14.4 Å². The number of piperidine rings is 1. The molecule has 2 aromatic heterocycles. The smallest absolute Gasteiger partial charge is 0.335 e. The molecule has 1 fully saturated rings. The molecular weight excluding hydrogens is 536 g/mol. The van der Waals surface area contributed by atoms with Crippen LogP contribution in [0, 0.1) is 0 Å². The molecule has 1 amide bonds. The third-order valence-corrected chi connectivity index (χ3v) is 8.82. The summed E-state index contributed by atoms with van der Waals surface area (Å²) in [7, 11) is -2.08. The molecule has 41 heavy (non-hydrogen) atoms. The molecule has 1 atom stereocenters. The van der Waals surface area contributed by atoms with Gasteiger partial charge in [0.2, 0.25) is 5.91 Å². The van der Waals surface area contributed by atoms with E-state index in [-0.39, 0.29) is 23.5 Å². The maximum absolute atomic E-state index is 14.0. The number of para-hydroxylation sites is 1. The summed E-state index contributed by atoms with van der Waals surface area (Å²) in [6, 6.07) is 17.2. The summed E-state index contributed by atoms with van der Waals surface area (Å²) in [6.07, 6.45) is 7.95. The van der Waals surface area contributed by atoms with Gasteiger partial charge in [-0.25, -0.2) is 14.8 Å². The zero-order chi connectivity index (χ0) is 29.0. The average Bonchev–Trinajstić information content (AvgIpc) is 3.26. The summed E-state index contributed by atoms with van der Waals surface area (Å²) in [6.45, 7) is 4.86. The van der Waals surface area contributed by atoms with Gasteiger partial charge in [0.15, 0.2) is 19.8 Å². The Kier molecular flexibility index (Phi) is 8.36. The van der Waals surface area contributed by atoms with Crippen LogP contribution in [0.4, 0.5) is 5.82 Å². The zero-order valence-corrected chi connectivity index (χ0v) is 24.4. The molecule has 1 saturated heterocycles. The van der Waals surface area contributed by atoms with Gasteiger partial charge < -0.3 is 20.2 Å². The molecule has 0 spiro atoms. The Labute approximate surface area is 239 Å². The van der Waals surface area contributed by atoms with E-state index < -0.39 is 8.32 Å². The summed E-state index contributed by atoms with van der Waals surface area (Å²) in [5.74, 6) is 1.48. The van der Waals surface area contributed by atoms with Gasteiger partial charge in [-0.1, -0.05) is 30.7 Å².